The summed E-state index contributed by atoms with van der Waals surface area (Å²) < 4.78 is 0. The maximum Gasteiger partial charge on any atom is 0.308 e. The van der Waals surface area contributed by atoms with E-state index in [1.807, 2.05) is 60.7 Å². The van der Waals surface area contributed by atoms with E-state index < -0.39 is 11.9 Å². The van der Waals surface area contributed by atoms with Gasteiger partial charge < -0.3 is 10.0 Å². The monoisotopic (exact) mass is 309 g/mol. The van der Waals surface area contributed by atoms with Crippen LogP contribution in [0.25, 0.3) is 0 Å². The van der Waals surface area contributed by atoms with Crippen LogP contribution in [-0.2, 0) is 9.59 Å². The van der Waals surface area contributed by atoms with Crippen LogP contribution in [0.15, 0.2) is 60.7 Å². The van der Waals surface area contributed by atoms with Crippen molar-refractivity contribution >= 4 is 11.9 Å². The number of hydrogen-bond acceptors (Lipinski definition) is 2. The number of carboxylic acid groups (broad SMARTS) is 1. The molecule has 3 rings (SSSR count). The van der Waals surface area contributed by atoms with Crippen molar-refractivity contribution in [2.24, 2.45) is 5.92 Å². The molecular weight excluding hydrogens is 290 g/mol. The lowest BCUT2D eigenvalue weighted by molar-refractivity contribution is -0.141. The highest BCUT2D eigenvalue weighted by Crippen LogP contribution is 2.29. The summed E-state index contributed by atoms with van der Waals surface area (Å²) in [5.74, 6) is -1.68. The molecule has 118 valence electrons. The molecule has 4 nitrogen and oxygen atoms in total. The molecule has 1 aliphatic heterocycles. The molecule has 1 N–H and O–H groups in total. The van der Waals surface area contributed by atoms with E-state index in [0.29, 0.717) is 19.5 Å². The van der Waals surface area contributed by atoms with Gasteiger partial charge in [-0.1, -0.05) is 60.7 Å². The molecule has 2 aromatic carbocycles. The number of rotatable bonds is 4. The van der Waals surface area contributed by atoms with Gasteiger partial charge in [-0.05, 0) is 17.5 Å². The van der Waals surface area contributed by atoms with Crippen molar-refractivity contribution in [2.45, 2.75) is 12.3 Å². The topological polar surface area (TPSA) is 57.6 Å². The number of carbonyl (C=O) groups excluding carboxylic acids is 1. The first-order valence-electron chi connectivity index (χ1n) is 7.78. The third-order valence-corrected chi connectivity index (χ3v) is 4.36. The smallest absolute Gasteiger partial charge is 0.308 e. The summed E-state index contributed by atoms with van der Waals surface area (Å²) in [6.07, 6.45) is 0.525. The van der Waals surface area contributed by atoms with E-state index in [1.54, 1.807) is 4.90 Å². The molecule has 1 amide bonds. The van der Waals surface area contributed by atoms with E-state index in [-0.39, 0.29) is 11.8 Å². The van der Waals surface area contributed by atoms with E-state index in [9.17, 15) is 9.59 Å². The molecule has 1 fully saturated rings. The molecule has 2 aromatic rings. The Morgan fingerprint density at radius 1 is 0.957 bits per heavy atom. The predicted molar refractivity (Wildman–Crippen MR) is 87.0 cm³/mol. The summed E-state index contributed by atoms with van der Waals surface area (Å²) in [5, 5.41) is 9.15. The highest BCUT2D eigenvalue weighted by Gasteiger charge is 2.35. The summed E-state index contributed by atoms with van der Waals surface area (Å²) in [7, 11) is 0. The molecule has 1 heterocycles. The number of carboxylic acids is 1. The summed E-state index contributed by atoms with van der Waals surface area (Å²) in [6.45, 7) is 0.802. The zero-order valence-electron chi connectivity index (χ0n) is 12.8. The van der Waals surface area contributed by atoms with Gasteiger partial charge in [0, 0.05) is 13.1 Å². The maximum atomic E-state index is 13.0. The summed E-state index contributed by atoms with van der Waals surface area (Å²) in [6, 6.07) is 19.3. The zero-order valence-corrected chi connectivity index (χ0v) is 12.8. The SMILES string of the molecule is O=C(O)[C@H]1CCN(C(=O)C(c2ccccc2)c2ccccc2)C1. The molecule has 4 heteroatoms. The number of hydrogen-bond donors (Lipinski definition) is 1. The van der Waals surface area contributed by atoms with Gasteiger partial charge in [-0.25, -0.2) is 0 Å². The van der Waals surface area contributed by atoms with Crippen LogP contribution in [-0.4, -0.2) is 35.0 Å². The Balaban J connectivity index is 1.90. The Morgan fingerprint density at radius 2 is 1.48 bits per heavy atom. The molecule has 0 spiro atoms. The van der Waals surface area contributed by atoms with E-state index in [1.165, 1.54) is 0 Å². The molecule has 0 saturated carbocycles. The fourth-order valence-electron chi connectivity index (χ4n) is 3.11. The lowest BCUT2D eigenvalue weighted by Crippen LogP contribution is -2.34. The third kappa shape index (κ3) is 3.26. The molecule has 1 aliphatic rings. The Hall–Kier alpha value is -2.62. The molecule has 0 radical (unpaired) electrons. The maximum absolute atomic E-state index is 13.0. The molecule has 1 atom stereocenters. The van der Waals surface area contributed by atoms with Crippen molar-refractivity contribution in [1.29, 1.82) is 0 Å². The predicted octanol–water partition coefficient (Wildman–Crippen LogP) is 2.75. The van der Waals surface area contributed by atoms with Crippen molar-refractivity contribution < 1.29 is 14.7 Å². The van der Waals surface area contributed by atoms with Gasteiger partial charge in [0.1, 0.15) is 0 Å². The van der Waals surface area contributed by atoms with Crippen molar-refractivity contribution in [2.75, 3.05) is 13.1 Å². The highest BCUT2D eigenvalue weighted by atomic mass is 16.4. The van der Waals surface area contributed by atoms with Crippen LogP contribution in [0.5, 0.6) is 0 Å². The molecule has 1 saturated heterocycles. The normalized spacial score (nSPS) is 17.4. The average Bonchev–Trinajstić information content (AvgIpc) is 3.07. The second-order valence-corrected chi connectivity index (χ2v) is 5.86. The lowest BCUT2D eigenvalue weighted by atomic mass is 9.90. The number of likely N-dealkylation sites (tertiary alicyclic amines) is 1. The first-order valence-corrected chi connectivity index (χ1v) is 7.78. The van der Waals surface area contributed by atoms with Crippen LogP contribution in [0.2, 0.25) is 0 Å². The van der Waals surface area contributed by atoms with E-state index in [4.69, 9.17) is 5.11 Å². The van der Waals surface area contributed by atoms with Crippen molar-refractivity contribution in [3.8, 4) is 0 Å². The van der Waals surface area contributed by atoms with Gasteiger partial charge in [0.05, 0.1) is 11.8 Å². The second-order valence-electron chi connectivity index (χ2n) is 5.86. The highest BCUT2D eigenvalue weighted by molar-refractivity contribution is 5.88. The standard InChI is InChI=1S/C19H19NO3/c21-18(20-12-11-16(13-20)19(22)23)17(14-7-3-1-4-8-14)15-9-5-2-6-10-15/h1-10,16-17H,11-13H2,(H,22,23)/t16-/m0/s1. The van der Waals surface area contributed by atoms with E-state index >= 15 is 0 Å². The number of nitrogens with zero attached hydrogens (tertiary/aromatic N) is 1. The molecule has 0 aromatic heterocycles. The molecule has 0 unspecified atom stereocenters. The summed E-state index contributed by atoms with van der Waals surface area (Å²) in [5.41, 5.74) is 1.87. The van der Waals surface area contributed by atoms with Gasteiger partial charge in [-0.2, -0.15) is 0 Å². The Bertz CT molecular complexity index is 645. The van der Waals surface area contributed by atoms with Crippen LogP contribution in [0.3, 0.4) is 0 Å². The number of aliphatic carboxylic acids is 1. The van der Waals surface area contributed by atoms with Gasteiger partial charge in [-0.3, -0.25) is 9.59 Å². The average molecular weight is 309 g/mol. The fourth-order valence-corrected chi connectivity index (χ4v) is 3.11. The molecule has 23 heavy (non-hydrogen) atoms. The minimum atomic E-state index is -0.823. The number of amides is 1. The van der Waals surface area contributed by atoms with Crippen molar-refractivity contribution in [3.05, 3.63) is 71.8 Å². The van der Waals surface area contributed by atoms with Gasteiger partial charge in [0.2, 0.25) is 5.91 Å². The van der Waals surface area contributed by atoms with Gasteiger partial charge in [0.15, 0.2) is 0 Å². The molecular formula is C19H19NO3. The Morgan fingerprint density at radius 3 is 1.91 bits per heavy atom. The van der Waals surface area contributed by atoms with Crippen LogP contribution < -0.4 is 0 Å². The first kappa shape index (κ1) is 15.3. The molecule has 0 aliphatic carbocycles. The van der Waals surface area contributed by atoms with Gasteiger partial charge in [0.25, 0.3) is 0 Å². The fraction of sp³-hybridized carbons (Fsp3) is 0.263. The zero-order chi connectivity index (χ0) is 16.2. The summed E-state index contributed by atoms with van der Waals surface area (Å²) >= 11 is 0. The third-order valence-electron chi connectivity index (χ3n) is 4.36. The van der Waals surface area contributed by atoms with Crippen LogP contribution >= 0.6 is 0 Å². The second kappa shape index (κ2) is 6.65. The number of benzene rings is 2. The van der Waals surface area contributed by atoms with Crippen molar-refractivity contribution in [1.82, 2.24) is 4.90 Å². The van der Waals surface area contributed by atoms with Crippen LogP contribution in [0.4, 0.5) is 0 Å². The minimum Gasteiger partial charge on any atom is -0.481 e. The van der Waals surface area contributed by atoms with E-state index in [2.05, 4.69) is 0 Å². The lowest BCUT2D eigenvalue weighted by Gasteiger charge is -2.24. The van der Waals surface area contributed by atoms with Gasteiger partial charge >= 0.3 is 5.97 Å². The summed E-state index contributed by atoms with van der Waals surface area (Å²) in [4.78, 5) is 25.9. The quantitative estimate of drug-likeness (QED) is 0.945. The van der Waals surface area contributed by atoms with Crippen molar-refractivity contribution in [3.63, 3.8) is 0 Å². The number of carbonyl (C=O) groups is 2. The largest absolute Gasteiger partial charge is 0.481 e. The minimum absolute atomic E-state index is 0.0221. The Kier molecular flexibility index (Phi) is 4.42. The van der Waals surface area contributed by atoms with Crippen LogP contribution in [0, 0.1) is 5.92 Å². The Labute approximate surface area is 135 Å². The van der Waals surface area contributed by atoms with Gasteiger partial charge in [-0.15, -0.1) is 0 Å². The first-order chi connectivity index (χ1) is 11.2. The van der Waals surface area contributed by atoms with E-state index in [0.717, 1.165) is 11.1 Å². The van der Waals surface area contributed by atoms with Crippen LogP contribution in [0.1, 0.15) is 23.5 Å². The molecule has 0 bridgehead atoms.